The number of carbonyl (C=O) groups is 2. The van der Waals surface area contributed by atoms with Gasteiger partial charge in [-0.25, -0.2) is 0 Å². The molecular formula is C24H36N2O4. The molecule has 1 aliphatic heterocycles. The Hall–Kier alpha value is -2.08. The van der Waals surface area contributed by atoms with Gasteiger partial charge in [0.1, 0.15) is 11.9 Å². The van der Waals surface area contributed by atoms with Crippen molar-refractivity contribution in [1.82, 2.24) is 10.2 Å². The van der Waals surface area contributed by atoms with E-state index < -0.39 is 5.60 Å². The zero-order valence-electron chi connectivity index (χ0n) is 18.5. The summed E-state index contributed by atoms with van der Waals surface area (Å²) in [4.78, 5) is 26.6. The number of hydrogen-bond acceptors (Lipinski definition) is 4. The lowest BCUT2D eigenvalue weighted by atomic mass is 9.99. The second kappa shape index (κ2) is 9.82. The molecule has 0 bridgehead atoms. The summed E-state index contributed by atoms with van der Waals surface area (Å²) in [5.41, 5.74) is -0.0512. The molecular weight excluding hydrogens is 380 g/mol. The van der Waals surface area contributed by atoms with Crippen LogP contribution in [-0.2, 0) is 4.79 Å². The first-order chi connectivity index (χ1) is 14.2. The molecule has 1 aromatic rings. The van der Waals surface area contributed by atoms with Gasteiger partial charge in [-0.1, -0.05) is 0 Å². The summed E-state index contributed by atoms with van der Waals surface area (Å²) in [6.45, 7) is 7.13. The highest BCUT2D eigenvalue weighted by atomic mass is 16.5. The molecule has 30 heavy (non-hydrogen) atoms. The summed E-state index contributed by atoms with van der Waals surface area (Å²) >= 11 is 0. The number of carbonyl (C=O) groups excluding carboxylic acids is 2. The van der Waals surface area contributed by atoms with Gasteiger partial charge >= 0.3 is 0 Å². The predicted octanol–water partition coefficient (Wildman–Crippen LogP) is 3.53. The third-order valence-electron chi connectivity index (χ3n) is 5.90. The molecule has 6 heteroatoms. The molecule has 3 rings (SSSR count). The first-order valence-corrected chi connectivity index (χ1v) is 11.3. The van der Waals surface area contributed by atoms with Crippen molar-refractivity contribution in [1.29, 1.82) is 0 Å². The average molecular weight is 417 g/mol. The molecule has 2 N–H and O–H groups in total. The first-order valence-electron chi connectivity index (χ1n) is 11.3. The van der Waals surface area contributed by atoms with Crippen LogP contribution in [0.15, 0.2) is 24.3 Å². The van der Waals surface area contributed by atoms with Gasteiger partial charge in [0, 0.05) is 43.5 Å². The molecule has 0 aromatic heterocycles. The van der Waals surface area contributed by atoms with Crippen molar-refractivity contribution in [3.05, 3.63) is 29.8 Å². The van der Waals surface area contributed by atoms with Crippen LogP contribution < -0.4 is 10.1 Å². The molecule has 1 heterocycles. The van der Waals surface area contributed by atoms with Crippen molar-refractivity contribution in [2.75, 3.05) is 13.1 Å². The van der Waals surface area contributed by atoms with Crippen molar-refractivity contribution in [3.63, 3.8) is 0 Å². The smallest absolute Gasteiger partial charge is 0.251 e. The lowest BCUT2D eigenvalue weighted by molar-refractivity contribution is -0.134. The van der Waals surface area contributed by atoms with E-state index in [4.69, 9.17) is 4.74 Å². The van der Waals surface area contributed by atoms with Crippen LogP contribution in [0.2, 0.25) is 0 Å². The number of amides is 2. The molecule has 2 fully saturated rings. The van der Waals surface area contributed by atoms with Gasteiger partial charge in [-0.05, 0) is 77.1 Å². The van der Waals surface area contributed by atoms with Crippen LogP contribution in [0.1, 0.15) is 76.1 Å². The maximum Gasteiger partial charge on any atom is 0.251 e. The van der Waals surface area contributed by atoms with E-state index in [-0.39, 0.29) is 24.0 Å². The molecule has 0 unspecified atom stereocenters. The number of rotatable bonds is 9. The number of aliphatic hydroxyl groups is 1. The monoisotopic (exact) mass is 416 g/mol. The van der Waals surface area contributed by atoms with Gasteiger partial charge in [0.05, 0.1) is 5.60 Å². The number of piperidine rings is 1. The lowest BCUT2D eigenvalue weighted by Gasteiger charge is -2.32. The molecule has 6 nitrogen and oxygen atoms in total. The fraction of sp³-hybridized carbons (Fsp3) is 0.667. The Morgan fingerprint density at radius 1 is 1.17 bits per heavy atom. The highest BCUT2D eigenvalue weighted by molar-refractivity contribution is 5.94. The van der Waals surface area contributed by atoms with E-state index in [9.17, 15) is 14.7 Å². The van der Waals surface area contributed by atoms with Crippen molar-refractivity contribution in [3.8, 4) is 5.75 Å². The molecule has 0 radical (unpaired) electrons. The Balaban J connectivity index is 1.40. The lowest BCUT2D eigenvalue weighted by Crippen LogP contribution is -2.42. The highest BCUT2D eigenvalue weighted by Gasteiger charge is 2.35. The number of nitrogens with zero attached hydrogens (tertiary/aromatic N) is 1. The van der Waals surface area contributed by atoms with Crippen LogP contribution in [0.3, 0.4) is 0 Å². The van der Waals surface area contributed by atoms with Crippen molar-refractivity contribution < 1.29 is 19.4 Å². The Labute approximate surface area is 180 Å². The van der Waals surface area contributed by atoms with E-state index in [1.807, 2.05) is 24.0 Å². The van der Waals surface area contributed by atoms with Gasteiger partial charge < -0.3 is 20.1 Å². The van der Waals surface area contributed by atoms with Crippen molar-refractivity contribution in [2.24, 2.45) is 5.92 Å². The largest absolute Gasteiger partial charge is 0.490 e. The number of likely N-dealkylation sites (tertiary alicyclic amines) is 1. The molecule has 2 amide bonds. The minimum absolute atomic E-state index is 0.0549. The van der Waals surface area contributed by atoms with Gasteiger partial charge in [0.25, 0.3) is 5.91 Å². The van der Waals surface area contributed by atoms with Crippen LogP contribution in [0, 0.1) is 5.92 Å². The molecule has 1 aromatic carbocycles. The van der Waals surface area contributed by atoms with Gasteiger partial charge in [-0.15, -0.1) is 0 Å². The number of hydrogen-bond donors (Lipinski definition) is 2. The number of benzene rings is 1. The third-order valence-corrected chi connectivity index (χ3v) is 5.90. The minimum atomic E-state index is -0.664. The van der Waals surface area contributed by atoms with Crippen LogP contribution in [0.4, 0.5) is 0 Å². The van der Waals surface area contributed by atoms with Crippen LogP contribution in [0.5, 0.6) is 5.75 Å². The summed E-state index contributed by atoms with van der Waals surface area (Å²) in [6, 6.07) is 7.32. The fourth-order valence-corrected chi connectivity index (χ4v) is 3.88. The third kappa shape index (κ3) is 7.01. The van der Waals surface area contributed by atoms with Gasteiger partial charge in [0.15, 0.2) is 0 Å². The normalized spacial score (nSPS) is 18.7. The Bertz CT molecular complexity index is 714. The number of nitrogens with one attached hydrogen (secondary N) is 1. The zero-order valence-corrected chi connectivity index (χ0v) is 18.5. The maximum absolute atomic E-state index is 12.4. The maximum atomic E-state index is 12.4. The first kappa shape index (κ1) is 22.6. The van der Waals surface area contributed by atoms with Gasteiger partial charge in [-0.2, -0.15) is 0 Å². The van der Waals surface area contributed by atoms with Crippen LogP contribution >= 0.6 is 0 Å². The van der Waals surface area contributed by atoms with E-state index in [1.165, 1.54) is 0 Å². The summed E-state index contributed by atoms with van der Waals surface area (Å²) in [6.07, 6.45) is 6.33. The summed E-state index contributed by atoms with van der Waals surface area (Å²) < 4.78 is 6.07. The van der Waals surface area contributed by atoms with Gasteiger partial charge in [-0.3, -0.25) is 9.59 Å². The molecule has 1 atom stereocenters. The molecule has 2 aliphatic rings. The molecule has 1 aliphatic carbocycles. The summed E-state index contributed by atoms with van der Waals surface area (Å²) in [7, 11) is 0. The van der Waals surface area contributed by atoms with E-state index in [2.05, 4.69) is 5.32 Å². The molecule has 1 saturated carbocycles. The Kier molecular flexibility index (Phi) is 7.40. The predicted molar refractivity (Wildman–Crippen MR) is 116 cm³/mol. The standard InChI is InChI=1S/C24H36N2O4/c1-17(5-4-14-24(2,3)29)25-22(27)18-8-10-20(11-9-18)30-21-12-15-26(16-13-21)23(28)19-6-7-19/h8-11,17,19,21,29H,4-7,12-16H2,1-3H3,(H,25,27)/t17-/m0/s1. The molecule has 0 spiro atoms. The summed E-state index contributed by atoms with van der Waals surface area (Å²) in [5, 5.41) is 12.8. The fourth-order valence-electron chi connectivity index (χ4n) is 3.88. The molecule has 166 valence electrons. The average Bonchev–Trinajstić information content (AvgIpc) is 3.53. The number of ether oxygens (including phenoxy) is 1. The minimum Gasteiger partial charge on any atom is -0.490 e. The zero-order chi connectivity index (χ0) is 21.7. The summed E-state index contributed by atoms with van der Waals surface area (Å²) in [5.74, 6) is 1.27. The van der Waals surface area contributed by atoms with E-state index in [1.54, 1.807) is 26.0 Å². The van der Waals surface area contributed by atoms with Crippen LogP contribution in [-0.4, -0.2) is 52.7 Å². The Morgan fingerprint density at radius 3 is 2.37 bits per heavy atom. The van der Waals surface area contributed by atoms with E-state index in [0.29, 0.717) is 17.9 Å². The Morgan fingerprint density at radius 2 is 1.80 bits per heavy atom. The SMILES string of the molecule is C[C@@H](CCCC(C)(C)O)NC(=O)c1ccc(OC2CCN(C(=O)C3CC3)CC2)cc1. The van der Waals surface area contributed by atoms with Crippen molar-refractivity contribution in [2.45, 2.75) is 83.5 Å². The van der Waals surface area contributed by atoms with E-state index >= 15 is 0 Å². The van der Waals surface area contributed by atoms with Gasteiger partial charge in [0.2, 0.25) is 5.91 Å². The molecule has 1 saturated heterocycles. The van der Waals surface area contributed by atoms with Crippen LogP contribution in [0.25, 0.3) is 0 Å². The topological polar surface area (TPSA) is 78.9 Å². The van der Waals surface area contributed by atoms with E-state index in [0.717, 1.165) is 57.4 Å². The second-order valence-electron chi connectivity index (χ2n) is 9.52. The van der Waals surface area contributed by atoms with Crippen molar-refractivity contribution >= 4 is 11.8 Å². The highest BCUT2D eigenvalue weighted by Crippen LogP contribution is 2.32. The quantitative estimate of drug-likeness (QED) is 0.646. The second-order valence-corrected chi connectivity index (χ2v) is 9.52.